The van der Waals surface area contributed by atoms with Crippen LogP contribution in [0.15, 0.2) is 35.2 Å². The summed E-state index contributed by atoms with van der Waals surface area (Å²) in [6, 6.07) is 9.93. The zero-order chi connectivity index (χ0) is 22.8. The number of thioether (sulfide) groups is 1. The Hall–Kier alpha value is -2.29. The first-order valence-corrected chi connectivity index (χ1v) is 12.0. The molecule has 7 nitrogen and oxygen atoms in total. The Morgan fingerprint density at radius 3 is 2.53 bits per heavy atom. The second kappa shape index (κ2) is 12.7. The lowest BCUT2D eigenvalue weighted by atomic mass is 10.1. The Labute approximate surface area is 195 Å². The quantitative estimate of drug-likeness (QED) is 0.251. The molecule has 0 aliphatic carbocycles. The summed E-state index contributed by atoms with van der Waals surface area (Å²) < 4.78 is 21.5. The van der Waals surface area contributed by atoms with Gasteiger partial charge in [0.2, 0.25) is 6.79 Å². The van der Waals surface area contributed by atoms with Gasteiger partial charge in [0, 0.05) is 16.6 Å². The lowest BCUT2D eigenvalue weighted by Crippen LogP contribution is -2.26. The molecule has 8 heteroatoms. The lowest BCUT2D eigenvalue weighted by Gasteiger charge is -2.16. The maximum Gasteiger partial charge on any atom is 0.231 e. The van der Waals surface area contributed by atoms with E-state index >= 15 is 0 Å². The molecule has 1 heterocycles. The summed E-state index contributed by atoms with van der Waals surface area (Å²) in [6.07, 6.45) is 3.15. The molecular weight excluding hydrogens is 426 g/mol. The molecule has 0 amide bonds. The van der Waals surface area contributed by atoms with Gasteiger partial charge in [0.15, 0.2) is 23.0 Å². The molecular formula is C24H35N3O4S. The zero-order valence-corrected chi connectivity index (χ0v) is 20.1. The van der Waals surface area contributed by atoms with Gasteiger partial charge in [-0.1, -0.05) is 0 Å². The van der Waals surface area contributed by atoms with Crippen molar-refractivity contribution in [3.63, 3.8) is 0 Å². The summed E-state index contributed by atoms with van der Waals surface area (Å²) in [5.41, 5.74) is 7.98. The minimum atomic E-state index is 0.277. The van der Waals surface area contributed by atoms with Crippen LogP contribution in [0.2, 0.25) is 0 Å². The molecule has 32 heavy (non-hydrogen) atoms. The van der Waals surface area contributed by atoms with E-state index in [9.17, 15) is 0 Å². The monoisotopic (exact) mass is 461 g/mol. The normalized spacial score (nSPS) is 12.4. The first-order valence-electron chi connectivity index (χ1n) is 11.0. The molecule has 0 unspecified atom stereocenters. The summed E-state index contributed by atoms with van der Waals surface area (Å²) in [5.74, 6) is 4.16. The molecule has 1 aliphatic rings. The SMILES string of the molecule is COc1ccc(SCCCN(C)CCCNCCc2cc3c(cc2N)OCO3)cc1OC. The average Bonchev–Trinajstić information content (AvgIpc) is 3.25. The number of ether oxygens (including phenoxy) is 4. The Balaban J connectivity index is 1.23. The van der Waals surface area contributed by atoms with Crippen LogP contribution in [0, 0.1) is 0 Å². The molecule has 2 aromatic rings. The molecule has 3 rings (SSSR count). The second-order valence-electron chi connectivity index (χ2n) is 7.78. The number of nitrogens with zero attached hydrogens (tertiary/aromatic N) is 1. The van der Waals surface area contributed by atoms with Crippen LogP contribution >= 0.6 is 11.8 Å². The van der Waals surface area contributed by atoms with Crippen LogP contribution in [0.25, 0.3) is 0 Å². The molecule has 0 saturated heterocycles. The van der Waals surface area contributed by atoms with Crippen molar-refractivity contribution in [2.45, 2.75) is 24.2 Å². The summed E-state index contributed by atoms with van der Waals surface area (Å²) >= 11 is 1.85. The summed E-state index contributed by atoms with van der Waals surface area (Å²) in [5, 5.41) is 3.51. The number of methoxy groups -OCH3 is 2. The fourth-order valence-corrected chi connectivity index (χ4v) is 4.44. The van der Waals surface area contributed by atoms with Crippen molar-refractivity contribution in [2.75, 3.05) is 65.7 Å². The van der Waals surface area contributed by atoms with E-state index in [2.05, 4.69) is 23.3 Å². The number of fused-ring (bicyclic) bond motifs is 1. The molecule has 1 aliphatic heterocycles. The van der Waals surface area contributed by atoms with Crippen LogP contribution < -0.4 is 30.0 Å². The van der Waals surface area contributed by atoms with E-state index in [0.29, 0.717) is 0 Å². The average molecular weight is 462 g/mol. The van der Waals surface area contributed by atoms with Crippen LogP contribution in [-0.2, 0) is 6.42 Å². The van der Waals surface area contributed by atoms with Gasteiger partial charge in [0.1, 0.15) is 0 Å². The van der Waals surface area contributed by atoms with Crippen molar-refractivity contribution in [3.05, 3.63) is 35.9 Å². The van der Waals surface area contributed by atoms with E-state index < -0.39 is 0 Å². The highest BCUT2D eigenvalue weighted by Gasteiger charge is 2.15. The van der Waals surface area contributed by atoms with Gasteiger partial charge < -0.3 is 34.9 Å². The van der Waals surface area contributed by atoms with Gasteiger partial charge in [-0.15, -0.1) is 11.8 Å². The van der Waals surface area contributed by atoms with Crippen molar-refractivity contribution in [2.24, 2.45) is 0 Å². The topological polar surface area (TPSA) is 78.2 Å². The number of nitrogens with two attached hydrogens (primary N) is 1. The summed E-state index contributed by atoms with van der Waals surface area (Å²) in [4.78, 5) is 3.60. The van der Waals surface area contributed by atoms with Crippen LogP contribution in [0.3, 0.4) is 0 Å². The molecule has 0 radical (unpaired) electrons. The van der Waals surface area contributed by atoms with E-state index in [0.717, 1.165) is 85.4 Å². The Morgan fingerprint density at radius 2 is 1.75 bits per heavy atom. The number of nitrogen functional groups attached to an aromatic ring is 1. The van der Waals surface area contributed by atoms with Gasteiger partial charge in [0.05, 0.1) is 14.2 Å². The van der Waals surface area contributed by atoms with Gasteiger partial charge in [-0.05, 0) is 88.1 Å². The first kappa shape index (κ1) is 24.4. The molecule has 0 spiro atoms. The molecule has 0 fully saturated rings. The number of nitrogens with one attached hydrogen (secondary N) is 1. The third kappa shape index (κ3) is 7.12. The molecule has 0 aromatic heterocycles. The molecule has 0 bridgehead atoms. The minimum absolute atomic E-state index is 0.277. The Morgan fingerprint density at radius 1 is 1.00 bits per heavy atom. The van der Waals surface area contributed by atoms with Crippen molar-refractivity contribution in [1.82, 2.24) is 10.2 Å². The fourth-order valence-electron chi connectivity index (χ4n) is 3.58. The first-order chi connectivity index (χ1) is 15.6. The van der Waals surface area contributed by atoms with Crippen molar-refractivity contribution >= 4 is 17.4 Å². The number of benzene rings is 2. The highest BCUT2D eigenvalue weighted by Crippen LogP contribution is 2.36. The van der Waals surface area contributed by atoms with E-state index in [1.54, 1.807) is 14.2 Å². The maximum atomic E-state index is 6.11. The van der Waals surface area contributed by atoms with Crippen molar-refractivity contribution < 1.29 is 18.9 Å². The van der Waals surface area contributed by atoms with Crippen molar-refractivity contribution in [3.8, 4) is 23.0 Å². The van der Waals surface area contributed by atoms with E-state index in [1.165, 1.54) is 4.90 Å². The van der Waals surface area contributed by atoms with Gasteiger partial charge >= 0.3 is 0 Å². The van der Waals surface area contributed by atoms with Crippen LogP contribution in [0.4, 0.5) is 5.69 Å². The fraction of sp³-hybridized carbons (Fsp3) is 0.500. The Kier molecular flexibility index (Phi) is 9.64. The third-order valence-corrected chi connectivity index (χ3v) is 6.49. The van der Waals surface area contributed by atoms with Crippen molar-refractivity contribution in [1.29, 1.82) is 0 Å². The molecule has 3 N–H and O–H groups in total. The minimum Gasteiger partial charge on any atom is -0.493 e. The van der Waals surface area contributed by atoms with Crippen LogP contribution in [-0.4, -0.2) is 64.9 Å². The number of rotatable bonds is 14. The van der Waals surface area contributed by atoms with Gasteiger partial charge in [0.25, 0.3) is 0 Å². The van der Waals surface area contributed by atoms with E-state index in [1.807, 2.05) is 36.0 Å². The second-order valence-corrected chi connectivity index (χ2v) is 8.95. The maximum absolute atomic E-state index is 6.11. The van der Waals surface area contributed by atoms with E-state index in [-0.39, 0.29) is 6.79 Å². The standard InChI is InChI=1S/C24H35N3O4S/c1-27(12-5-13-32-19-6-7-21(28-2)22(15-19)29-3)11-4-9-26-10-8-18-14-23-24(16-20(18)25)31-17-30-23/h6-7,14-16,26H,4-5,8-13,17,25H2,1-3H3. The Bertz CT molecular complexity index is 865. The lowest BCUT2D eigenvalue weighted by molar-refractivity contribution is 0.174. The molecule has 0 atom stereocenters. The van der Waals surface area contributed by atoms with E-state index in [4.69, 9.17) is 24.7 Å². The van der Waals surface area contributed by atoms with Gasteiger partial charge in [-0.3, -0.25) is 0 Å². The molecule has 176 valence electrons. The highest BCUT2D eigenvalue weighted by molar-refractivity contribution is 7.99. The summed E-state index contributed by atoms with van der Waals surface area (Å²) in [6.45, 7) is 4.35. The third-order valence-electron chi connectivity index (χ3n) is 5.41. The smallest absolute Gasteiger partial charge is 0.231 e. The largest absolute Gasteiger partial charge is 0.493 e. The van der Waals surface area contributed by atoms with Gasteiger partial charge in [-0.2, -0.15) is 0 Å². The predicted molar refractivity (Wildman–Crippen MR) is 131 cm³/mol. The van der Waals surface area contributed by atoms with Crippen LogP contribution in [0.1, 0.15) is 18.4 Å². The predicted octanol–water partition coefficient (Wildman–Crippen LogP) is 3.65. The number of hydrogen-bond donors (Lipinski definition) is 2. The highest BCUT2D eigenvalue weighted by atomic mass is 32.2. The summed E-state index contributed by atoms with van der Waals surface area (Å²) in [7, 11) is 5.52. The number of anilines is 1. The van der Waals surface area contributed by atoms with Gasteiger partial charge in [-0.25, -0.2) is 0 Å². The van der Waals surface area contributed by atoms with Crippen LogP contribution in [0.5, 0.6) is 23.0 Å². The zero-order valence-electron chi connectivity index (χ0n) is 19.3. The molecule has 2 aromatic carbocycles. The number of hydrogen-bond acceptors (Lipinski definition) is 8. The molecule has 0 saturated carbocycles.